The summed E-state index contributed by atoms with van der Waals surface area (Å²) in [4.78, 5) is 24.0. The molecule has 1 aliphatic heterocycles. The molecule has 4 atom stereocenters. The molecule has 0 saturated carbocycles. The van der Waals surface area contributed by atoms with Gasteiger partial charge in [0, 0.05) is 34.4 Å². The predicted octanol–water partition coefficient (Wildman–Crippen LogP) is 5.60. The molecule has 1 saturated heterocycles. The van der Waals surface area contributed by atoms with Gasteiger partial charge in [-0.05, 0) is 54.4 Å². The summed E-state index contributed by atoms with van der Waals surface area (Å²) >= 11 is 1.60. The van der Waals surface area contributed by atoms with Gasteiger partial charge in [0.2, 0.25) is 0 Å². The third-order valence-electron chi connectivity index (χ3n) is 6.42. The van der Waals surface area contributed by atoms with Gasteiger partial charge in [-0.3, -0.25) is 0 Å². The number of carboxylic acid groups (broad SMARTS) is 1. The van der Waals surface area contributed by atoms with E-state index >= 15 is 0 Å². The number of hydrogen-bond acceptors (Lipinski definition) is 6. The number of nitrogens with one attached hydrogen (secondary N) is 2. The molecule has 0 aromatic heterocycles. The normalized spacial score (nSPS) is 21.0. The Morgan fingerprint density at radius 2 is 1.58 bits per heavy atom. The maximum Gasteiger partial charge on any atom is 0.335 e. The first-order chi connectivity index (χ1) is 18.4. The Hall–Kier alpha value is -3.37. The Bertz CT molecular complexity index is 1220. The van der Waals surface area contributed by atoms with E-state index in [-0.39, 0.29) is 36.3 Å². The molecule has 8 nitrogen and oxygen atoms in total. The largest absolute Gasteiger partial charge is 0.478 e. The average molecular weight is 537 g/mol. The number of carbonyl (C=O) groups is 2. The standard InChI is InChI=1S/C29H32N2O6S/c1-3-30-29(35)31-23-12-8-22(9-13-23)28-36-25(17-38-24-14-10-21(11-15-24)27(33)34)18(2)26(37-28)20-6-4-19(16-32)5-7-20/h4-15,18,25-26,28,32H,3,16-17H2,1-2H3,(H,33,34)(H2,30,31,35)/t18-,25+,26+,28+/m1/s1. The number of carboxylic acids is 1. The van der Waals surface area contributed by atoms with Crippen LogP contribution in [-0.2, 0) is 16.1 Å². The van der Waals surface area contributed by atoms with Crippen LogP contribution in [0.2, 0.25) is 0 Å². The third kappa shape index (κ3) is 6.93. The Balaban J connectivity index is 1.53. The van der Waals surface area contributed by atoms with Crippen LogP contribution in [0.3, 0.4) is 0 Å². The van der Waals surface area contributed by atoms with Gasteiger partial charge < -0.3 is 30.3 Å². The quantitative estimate of drug-likeness (QED) is 0.263. The van der Waals surface area contributed by atoms with Crippen molar-refractivity contribution in [2.45, 2.75) is 43.8 Å². The first-order valence-corrected chi connectivity index (χ1v) is 13.5. The van der Waals surface area contributed by atoms with E-state index < -0.39 is 12.3 Å². The monoisotopic (exact) mass is 536 g/mol. The van der Waals surface area contributed by atoms with E-state index in [9.17, 15) is 14.7 Å². The van der Waals surface area contributed by atoms with Gasteiger partial charge in [0.1, 0.15) is 0 Å². The van der Waals surface area contributed by atoms with Crippen molar-refractivity contribution in [3.63, 3.8) is 0 Å². The van der Waals surface area contributed by atoms with E-state index in [1.165, 1.54) is 0 Å². The lowest BCUT2D eigenvalue weighted by molar-refractivity contribution is -0.268. The Labute approximate surface area is 226 Å². The number of amides is 2. The highest BCUT2D eigenvalue weighted by molar-refractivity contribution is 7.99. The zero-order chi connectivity index (χ0) is 27.1. The van der Waals surface area contributed by atoms with Gasteiger partial charge in [0.05, 0.1) is 24.4 Å². The van der Waals surface area contributed by atoms with Crippen LogP contribution in [0.5, 0.6) is 0 Å². The van der Waals surface area contributed by atoms with E-state index in [0.29, 0.717) is 18.0 Å². The minimum Gasteiger partial charge on any atom is -0.478 e. The van der Waals surface area contributed by atoms with Crippen LogP contribution in [0.15, 0.2) is 77.7 Å². The summed E-state index contributed by atoms with van der Waals surface area (Å²) in [5, 5.41) is 24.1. The number of aliphatic hydroxyl groups is 1. The summed E-state index contributed by atoms with van der Waals surface area (Å²) in [5.74, 6) is -0.279. The number of carbonyl (C=O) groups excluding carboxylic acids is 1. The smallest absolute Gasteiger partial charge is 0.335 e. The molecule has 4 N–H and O–H groups in total. The topological polar surface area (TPSA) is 117 Å². The highest BCUT2D eigenvalue weighted by atomic mass is 32.2. The van der Waals surface area contributed by atoms with Crippen molar-refractivity contribution in [1.82, 2.24) is 5.32 Å². The number of benzene rings is 3. The minimum atomic E-state index is -0.951. The maximum atomic E-state index is 11.8. The van der Waals surface area contributed by atoms with Crippen molar-refractivity contribution in [3.05, 3.63) is 95.1 Å². The number of ether oxygens (including phenoxy) is 2. The van der Waals surface area contributed by atoms with Crippen LogP contribution in [-0.4, -0.2) is 40.6 Å². The van der Waals surface area contributed by atoms with Crippen molar-refractivity contribution in [2.75, 3.05) is 17.6 Å². The Morgan fingerprint density at radius 1 is 0.921 bits per heavy atom. The Morgan fingerprint density at radius 3 is 2.18 bits per heavy atom. The van der Waals surface area contributed by atoms with E-state index in [1.807, 2.05) is 55.5 Å². The predicted molar refractivity (Wildman–Crippen MR) is 146 cm³/mol. The molecule has 0 unspecified atom stereocenters. The second-order valence-electron chi connectivity index (χ2n) is 9.07. The maximum absolute atomic E-state index is 11.8. The third-order valence-corrected chi connectivity index (χ3v) is 7.52. The van der Waals surface area contributed by atoms with Crippen LogP contribution >= 0.6 is 11.8 Å². The molecular formula is C29H32N2O6S. The zero-order valence-corrected chi connectivity index (χ0v) is 22.1. The second kappa shape index (κ2) is 12.9. The van der Waals surface area contributed by atoms with E-state index in [0.717, 1.165) is 21.6 Å². The number of aromatic carboxylic acids is 1. The first-order valence-electron chi connectivity index (χ1n) is 12.5. The minimum absolute atomic E-state index is 0.0238. The van der Waals surface area contributed by atoms with Gasteiger partial charge in [-0.15, -0.1) is 11.8 Å². The summed E-state index contributed by atoms with van der Waals surface area (Å²) in [7, 11) is 0. The molecule has 3 aromatic rings. The molecule has 1 aliphatic rings. The zero-order valence-electron chi connectivity index (χ0n) is 21.3. The molecule has 0 aliphatic carbocycles. The summed E-state index contributed by atoms with van der Waals surface area (Å²) in [6.45, 7) is 4.47. The SMILES string of the molecule is CCNC(=O)Nc1ccc([C@H]2O[C@@H](CSc3ccc(C(=O)O)cc3)[C@@H](C)[C@@H](c3ccc(CO)cc3)O2)cc1. The van der Waals surface area contributed by atoms with Gasteiger partial charge in [0.25, 0.3) is 0 Å². The van der Waals surface area contributed by atoms with Crippen LogP contribution in [0.25, 0.3) is 0 Å². The molecule has 3 aromatic carbocycles. The molecule has 9 heteroatoms. The molecule has 0 bridgehead atoms. The van der Waals surface area contributed by atoms with Gasteiger partial charge >= 0.3 is 12.0 Å². The molecule has 0 radical (unpaired) electrons. The molecule has 1 heterocycles. The summed E-state index contributed by atoms with van der Waals surface area (Å²) in [6, 6.07) is 21.7. The van der Waals surface area contributed by atoms with Gasteiger partial charge in [-0.2, -0.15) is 0 Å². The lowest BCUT2D eigenvalue weighted by atomic mass is 9.91. The fourth-order valence-electron chi connectivity index (χ4n) is 4.24. The van der Waals surface area contributed by atoms with Gasteiger partial charge in [-0.25, -0.2) is 9.59 Å². The number of thioether (sulfide) groups is 1. The average Bonchev–Trinajstić information content (AvgIpc) is 2.93. The number of aliphatic hydroxyl groups excluding tert-OH is 1. The molecule has 1 fully saturated rings. The fourth-order valence-corrected chi connectivity index (χ4v) is 5.31. The summed E-state index contributed by atoms with van der Waals surface area (Å²) < 4.78 is 12.9. The second-order valence-corrected chi connectivity index (χ2v) is 10.2. The van der Waals surface area contributed by atoms with E-state index in [1.54, 1.807) is 36.0 Å². The van der Waals surface area contributed by atoms with Crippen molar-refractivity contribution in [1.29, 1.82) is 0 Å². The highest BCUT2D eigenvalue weighted by Gasteiger charge is 2.38. The van der Waals surface area contributed by atoms with E-state index in [4.69, 9.17) is 14.6 Å². The molecule has 200 valence electrons. The summed E-state index contributed by atoms with van der Waals surface area (Å²) in [5.41, 5.74) is 3.57. The van der Waals surface area contributed by atoms with Crippen LogP contribution < -0.4 is 10.6 Å². The van der Waals surface area contributed by atoms with Crippen LogP contribution in [0.1, 0.15) is 53.3 Å². The van der Waals surface area contributed by atoms with Crippen LogP contribution in [0.4, 0.5) is 10.5 Å². The molecule has 4 rings (SSSR count). The first kappa shape index (κ1) is 27.7. The number of anilines is 1. The molecule has 2 amide bonds. The van der Waals surface area contributed by atoms with Crippen molar-refractivity contribution >= 4 is 29.4 Å². The lowest BCUT2D eigenvalue weighted by Crippen LogP contribution is -2.38. The van der Waals surface area contributed by atoms with Crippen molar-refractivity contribution in [3.8, 4) is 0 Å². The molecular weight excluding hydrogens is 504 g/mol. The highest BCUT2D eigenvalue weighted by Crippen LogP contribution is 2.43. The molecule has 38 heavy (non-hydrogen) atoms. The van der Waals surface area contributed by atoms with Crippen LogP contribution in [0, 0.1) is 5.92 Å². The summed E-state index contributed by atoms with van der Waals surface area (Å²) in [6.07, 6.45) is -1.02. The number of rotatable bonds is 9. The van der Waals surface area contributed by atoms with E-state index in [2.05, 4.69) is 17.6 Å². The van der Waals surface area contributed by atoms with Gasteiger partial charge in [0.15, 0.2) is 6.29 Å². The number of urea groups is 1. The van der Waals surface area contributed by atoms with Crippen molar-refractivity contribution in [2.24, 2.45) is 5.92 Å². The lowest BCUT2D eigenvalue weighted by Gasteiger charge is -2.41. The Kier molecular flexibility index (Phi) is 9.41. The fraction of sp³-hybridized carbons (Fsp3) is 0.310. The van der Waals surface area contributed by atoms with Crippen molar-refractivity contribution < 1.29 is 29.3 Å². The van der Waals surface area contributed by atoms with Gasteiger partial charge in [-0.1, -0.05) is 43.3 Å². The molecule has 0 spiro atoms. The number of hydrogen-bond donors (Lipinski definition) is 4.